The zero-order chi connectivity index (χ0) is 17.7. The molecule has 138 valence electrons. The van der Waals surface area contributed by atoms with Gasteiger partial charge < -0.3 is 14.8 Å². The maximum Gasteiger partial charge on any atom is 0.231 e. The lowest BCUT2D eigenvalue weighted by Crippen LogP contribution is -2.40. The van der Waals surface area contributed by atoms with E-state index in [0.717, 1.165) is 30.6 Å². The molecule has 0 saturated carbocycles. The Morgan fingerprint density at radius 3 is 2.68 bits per heavy atom. The van der Waals surface area contributed by atoms with Crippen molar-refractivity contribution < 1.29 is 22.7 Å². The summed E-state index contributed by atoms with van der Waals surface area (Å²) >= 11 is 0. The van der Waals surface area contributed by atoms with Crippen molar-refractivity contribution in [2.45, 2.75) is 32.1 Å². The first-order valence-corrected chi connectivity index (χ1v) is 10.3. The van der Waals surface area contributed by atoms with E-state index in [0.29, 0.717) is 31.7 Å². The van der Waals surface area contributed by atoms with Crippen LogP contribution in [0.15, 0.2) is 18.2 Å². The average molecular weight is 368 g/mol. The van der Waals surface area contributed by atoms with Crippen LogP contribution in [0.3, 0.4) is 0 Å². The molecule has 1 aromatic carbocycles. The van der Waals surface area contributed by atoms with Crippen molar-refractivity contribution in [3.63, 3.8) is 0 Å². The molecule has 0 radical (unpaired) electrons. The number of nitrogens with one attached hydrogen (secondary N) is 1. The van der Waals surface area contributed by atoms with E-state index in [2.05, 4.69) is 5.32 Å². The molecule has 0 aromatic heterocycles. The summed E-state index contributed by atoms with van der Waals surface area (Å²) in [6.45, 7) is 1.57. The molecule has 1 fully saturated rings. The Kier molecular flexibility index (Phi) is 5.80. The molecule has 0 unspecified atom stereocenters. The Morgan fingerprint density at radius 2 is 1.88 bits per heavy atom. The maximum absolute atomic E-state index is 12.2. The van der Waals surface area contributed by atoms with Crippen LogP contribution in [0.25, 0.3) is 0 Å². The van der Waals surface area contributed by atoms with Crippen molar-refractivity contribution in [2.75, 3.05) is 32.2 Å². The van der Waals surface area contributed by atoms with Gasteiger partial charge >= 0.3 is 0 Å². The number of carbonyl (C=O) groups is 1. The molecule has 2 aliphatic heterocycles. The third kappa shape index (κ3) is 4.85. The van der Waals surface area contributed by atoms with Gasteiger partial charge in [-0.05, 0) is 37.0 Å². The molecule has 0 aliphatic carbocycles. The van der Waals surface area contributed by atoms with Gasteiger partial charge in [-0.3, -0.25) is 4.79 Å². The molecule has 1 amide bonds. The lowest BCUT2D eigenvalue weighted by Gasteiger charge is -2.25. The van der Waals surface area contributed by atoms with Crippen molar-refractivity contribution >= 4 is 15.9 Å². The van der Waals surface area contributed by atoms with E-state index in [1.165, 1.54) is 4.31 Å². The molecule has 1 aromatic rings. The molecule has 0 bridgehead atoms. The van der Waals surface area contributed by atoms with Gasteiger partial charge in [0, 0.05) is 26.1 Å². The number of hydrogen-bond acceptors (Lipinski definition) is 5. The van der Waals surface area contributed by atoms with E-state index >= 15 is 0 Å². The topological polar surface area (TPSA) is 84.9 Å². The van der Waals surface area contributed by atoms with Crippen molar-refractivity contribution in [3.8, 4) is 11.5 Å². The Bertz CT molecular complexity index is 714. The van der Waals surface area contributed by atoms with Gasteiger partial charge in [-0.25, -0.2) is 12.7 Å². The predicted octanol–water partition coefficient (Wildman–Crippen LogP) is 1.28. The van der Waals surface area contributed by atoms with E-state index in [4.69, 9.17) is 9.47 Å². The molecule has 2 heterocycles. The minimum absolute atomic E-state index is 0.0389. The molecule has 1 saturated heterocycles. The molecule has 0 spiro atoms. The number of hydrogen-bond donors (Lipinski definition) is 1. The van der Waals surface area contributed by atoms with Gasteiger partial charge in [-0.1, -0.05) is 12.5 Å². The van der Waals surface area contributed by atoms with Crippen LogP contribution in [0.1, 0.15) is 31.2 Å². The summed E-state index contributed by atoms with van der Waals surface area (Å²) in [4.78, 5) is 11.9. The highest BCUT2D eigenvalue weighted by Crippen LogP contribution is 2.32. The van der Waals surface area contributed by atoms with Gasteiger partial charge in [0.05, 0.1) is 5.75 Å². The van der Waals surface area contributed by atoms with Crippen molar-refractivity contribution in [1.82, 2.24) is 9.62 Å². The van der Waals surface area contributed by atoms with Gasteiger partial charge in [0.2, 0.25) is 22.7 Å². The Balaban J connectivity index is 1.39. The summed E-state index contributed by atoms with van der Waals surface area (Å²) in [5.41, 5.74) is 0.986. The SMILES string of the molecule is O=C(CCc1ccc2c(c1)OCO2)NCCS(=O)(=O)N1CCCCC1. The van der Waals surface area contributed by atoms with Crippen LogP contribution >= 0.6 is 0 Å². The fraction of sp³-hybridized carbons (Fsp3) is 0.588. The number of sulfonamides is 1. The standard InChI is InChI=1S/C17H24N2O5S/c20-17(7-5-14-4-6-15-16(12-14)24-13-23-15)18-8-11-25(21,22)19-9-2-1-3-10-19/h4,6,12H,1-3,5,7-11,13H2,(H,18,20). The fourth-order valence-corrected chi connectivity index (χ4v) is 4.47. The number of aryl methyl sites for hydroxylation is 1. The Hall–Kier alpha value is -1.80. The minimum Gasteiger partial charge on any atom is -0.454 e. The number of benzene rings is 1. The van der Waals surface area contributed by atoms with Gasteiger partial charge in [0.15, 0.2) is 11.5 Å². The lowest BCUT2D eigenvalue weighted by atomic mass is 10.1. The van der Waals surface area contributed by atoms with E-state index in [1.54, 1.807) is 0 Å². The molecule has 0 atom stereocenters. The number of ether oxygens (including phenoxy) is 2. The van der Waals surface area contributed by atoms with Gasteiger partial charge in [0.1, 0.15) is 0 Å². The quantitative estimate of drug-likeness (QED) is 0.784. The minimum atomic E-state index is -3.26. The van der Waals surface area contributed by atoms with Crippen LogP contribution in [0.4, 0.5) is 0 Å². The van der Waals surface area contributed by atoms with E-state index in [9.17, 15) is 13.2 Å². The van der Waals surface area contributed by atoms with Gasteiger partial charge in [0.25, 0.3) is 0 Å². The third-order valence-electron chi connectivity index (χ3n) is 4.47. The second-order valence-corrected chi connectivity index (χ2v) is 8.40. The van der Waals surface area contributed by atoms with Gasteiger partial charge in [-0.15, -0.1) is 0 Å². The molecule has 1 N–H and O–H groups in total. The summed E-state index contributed by atoms with van der Waals surface area (Å²) in [5.74, 6) is 1.23. The molecular formula is C17H24N2O5S. The summed E-state index contributed by atoms with van der Waals surface area (Å²) in [6, 6.07) is 5.61. The van der Waals surface area contributed by atoms with Gasteiger partial charge in [-0.2, -0.15) is 0 Å². The predicted molar refractivity (Wildman–Crippen MR) is 93.1 cm³/mol. The van der Waals surface area contributed by atoms with Crippen LogP contribution < -0.4 is 14.8 Å². The van der Waals surface area contributed by atoms with E-state index in [1.807, 2.05) is 18.2 Å². The highest BCUT2D eigenvalue weighted by Gasteiger charge is 2.23. The Labute approximate surface area is 148 Å². The van der Waals surface area contributed by atoms with Crippen LogP contribution in [0.5, 0.6) is 11.5 Å². The van der Waals surface area contributed by atoms with Crippen LogP contribution in [-0.2, 0) is 21.2 Å². The largest absolute Gasteiger partial charge is 0.454 e. The summed E-state index contributed by atoms with van der Waals surface area (Å²) in [7, 11) is -3.26. The number of fused-ring (bicyclic) bond motifs is 1. The highest BCUT2D eigenvalue weighted by molar-refractivity contribution is 7.89. The lowest BCUT2D eigenvalue weighted by molar-refractivity contribution is -0.120. The molecule has 2 aliphatic rings. The second kappa shape index (κ2) is 8.05. The van der Waals surface area contributed by atoms with E-state index < -0.39 is 10.0 Å². The first-order chi connectivity index (χ1) is 12.0. The summed E-state index contributed by atoms with van der Waals surface area (Å²) < 4.78 is 36.5. The van der Waals surface area contributed by atoms with Crippen LogP contribution in [0.2, 0.25) is 0 Å². The molecule has 25 heavy (non-hydrogen) atoms. The van der Waals surface area contributed by atoms with Crippen LogP contribution in [0, 0.1) is 0 Å². The van der Waals surface area contributed by atoms with Crippen molar-refractivity contribution in [3.05, 3.63) is 23.8 Å². The molecule has 8 heteroatoms. The third-order valence-corrected chi connectivity index (χ3v) is 6.34. The smallest absolute Gasteiger partial charge is 0.231 e. The zero-order valence-corrected chi connectivity index (χ0v) is 15.0. The monoisotopic (exact) mass is 368 g/mol. The number of nitrogens with zero attached hydrogens (tertiary/aromatic N) is 1. The molecule has 3 rings (SSSR count). The number of amides is 1. The number of carbonyl (C=O) groups excluding carboxylic acids is 1. The Morgan fingerprint density at radius 1 is 1.12 bits per heavy atom. The summed E-state index contributed by atoms with van der Waals surface area (Å²) in [6.07, 6.45) is 3.80. The first kappa shape index (κ1) is 18.0. The molecular weight excluding hydrogens is 344 g/mol. The zero-order valence-electron chi connectivity index (χ0n) is 14.2. The maximum atomic E-state index is 12.2. The normalized spacial score (nSPS) is 17.4. The van der Waals surface area contributed by atoms with E-state index in [-0.39, 0.29) is 25.0 Å². The molecule has 7 nitrogen and oxygen atoms in total. The fourth-order valence-electron chi connectivity index (χ4n) is 3.03. The van der Waals surface area contributed by atoms with Crippen molar-refractivity contribution in [1.29, 1.82) is 0 Å². The summed E-state index contributed by atoms with van der Waals surface area (Å²) in [5, 5.41) is 2.70. The average Bonchev–Trinajstić information content (AvgIpc) is 3.08. The van der Waals surface area contributed by atoms with Crippen LogP contribution in [-0.4, -0.2) is 50.8 Å². The second-order valence-electron chi connectivity index (χ2n) is 6.31. The first-order valence-electron chi connectivity index (χ1n) is 8.68. The van der Waals surface area contributed by atoms with Crippen molar-refractivity contribution in [2.24, 2.45) is 0 Å². The highest BCUT2D eigenvalue weighted by atomic mass is 32.2. The number of piperidine rings is 1. The number of rotatable bonds is 7.